The van der Waals surface area contributed by atoms with E-state index in [-0.39, 0.29) is 11.3 Å². The predicted molar refractivity (Wildman–Crippen MR) is 71.7 cm³/mol. The number of nitrogens with one attached hydrogen (secondary N) is 2. The lowest BCUT2D eigenvalue weighted by atomic mass is 9.92. The van der Waals surface area contributed by atoms with Crippen LogP contribution in [0.5, 0.6) is 0 Å². The second kappa shape index (κ2) is 5.00. The highest BCUT2D eigenvalue weighted by atomic mass is 16.1. The number of carbonyl (C=O) groups is 1. The van der Waals surface area contributed by atoms with Gasteiger partial charge in [0, 0.05) is 25.8 Å². The Labute approximate surface area is 108 Å². The van der Waals surface area contributed by atoms with E-state index in [1.54, 1.807) is 0 Å². The van der Waals surface area contributed by atoms with Crippen molar-refractivity contribution in [3.05, 3.63) is 11.9 Å². The molecular formula is C13H22N4O. The number of anilines is 1. The van der Waals surface area contributed by atoms with Crippen molar-refractivity contribution in [3.63, 3.8) is 0 Å². The van der Waals surface area contributed by atoms with Crippen molar-refractivity contribution in [3.8, 4) is 0 Å². The third-order valence-electron chi connectivity index (χ3n) is 3.03. The molecule has 0 radical (unpaired) electrons. The molecule has 1 aromatic rings. The average Bonchev–Trinajstić information content (AvgIpc) is 2.70. The Morgan fingerprint density at radius 3 is 3.00 bits per heavy atom. The van der Waals surface area contributed by atoms with E-state index < -0.39 is 0 Å². The van der Waals surface area contributed by atoms with Crippen LogP contribution in [-0.2, 0) is 6.54 Å². The molecule has 18 heavy (non-hydrogen) atoms. The maximum Gasteiger partial charge on any atom is 0.271 e. The van der Waals surface area contributed by atoms with E-state index in [1.165, 1.54) is 0 Å². The highest BCUT2D eigenvalue weighted by molar-refractivity contribution is 5.92. The largest absolute Gasteiger partial charge is 0.356 e. The molecule has 1 aliphatic heterocycles. The first kappa shape index (κ1) is 12.9. The molecule has 0 unspecified atom stereocenters. The smallest absolute Gasteiger partial charge is 0.271 e. The van der Waals surface area contributed by atoms with Gasteiger partial charge in [0.2, 0.25) is 5.95 Å². The molecule has 2 N–H and O–H groups in total. The van der Waals surface area contributed by atoms with Gasteiger partial charge in [-0.2, -0.15) is 0 Å². The van der Waals surface area contributed by atoms with Gasteiger partial charge in [-0.1, -0.05) is 20.8 Å². The number of fused-ring (bicyclic) bond motifs is 1. The number of nitrogens with zero attached hydrogens (tertiary/aromatic N) is 2. The van der Waals surface area contributed by atoms with Gasteiger partial charge in [0.15, 0.2) is 0 Å². The number of aromatic nitrogens is 2. The van der Waals surface area contributed by atoms with Crippen molar-refractivity contribution in [1.29, 1.82) is 0 Å². The van der Waals surface area contributed by atoms with Crippen molar-refractivity contribution in [2.75, 3.05) is 18.4 Å². The van der Waals surface area contributed by atoms with E-state index in [0.717, 1.165) is 31.9 Å². The Morgan fingerprint density at radius 2 is 2.33 bits per heavy atom. The van der Waals surface area contributed by atoms with Crippen LogP contribution in [0.2, 0.25) is 0 Å². The van der Waals surface area contributed by atoms with E-state index in [9.17, 15) is 4.79 Å². The summed E-state index contributed by atoms with van der Waals surface area (Å²) in [6.45, 7) is 9.06. The first-order chi connectivity index (χ1) is 8.46. The summed E-state index contributed by atoms with van der Waals surface area (Å²) in [5.74, 6) is 0.727. The summed E-state index contributed by atoms with van der Waals surface area (Å²) in [5.41, 5.74) is 0.746. The second-order valence-electron chi connectivity index (χ2n) is 5.99. The van der Waals surface area contributed by atoms with Crippen molar-refractivity contribution in [2.45, 2.75) is 40.2 Å². The molecule has 0 spiro atoms. The first-order valence-electron chi connectivity index (χ1n) is 6.55. The maximum atomic E-state index is 11.9. The standard InChI is InChI=1S/C13H22N4O/c1-13(2,3)5-7-14-11(18)10-9-17-8-4-6-15-12(17)16-10/h9H,4-8H2,1-3H3,(H,14,18)(H,15,16). The third-order valence-corrected chi connectivity index (χ3v) is 3.03. The molecule has 0 bridgehead atoms. The van der Waals surface area contributed by atoms with Crippen LogP contribution in [0.3, 0.4) is 0 Å². The Morgan fingerprint density at radius 1 is 1.56 bits per heavy atom. The van der Waals surface area contributed by atoms with Crippen LogP contribution in [0.4, 0.5) is 5.95 Å². The molecule has 0 aromatic carbocycles. The summed E-state index contributed by atoms with van der Waals surface area (Å²) in [6, 6.07) is 0. The molecule has 0 saturated heterocycles. The summed E-state index contributed by atoms with van der Waals surface area (Å²) in [4.78, 5) is 16.2. The molecule has 1 aromatic heterocycles. The molecule has 5 nitrogen and oxygen atoms in total. The van der Waals surface area contributed by atoms with Crippen molar-refractivity contribution in [1.82, 2.24) is 14.9 Å². The van der Waals surface area contributed by atoms with Crippen molar-refractivity contribution < 1.29 is 4.79 Å². The van der Waals surface area contributed by atoms with Crippen LogP contribution >= 0.6 is 0 Å². The van der Waals surface area contributed by atoms with Crippen LogP contribution in [0.25, 0.3) is 0 Å². The molecule has 100 valence electrons. The van der Waals surface area contributed by atoms with Crippen molar-refractivity contribution >= 4 is 11.9 Å². The minimum Gasteiger partial charge on any atom is -0.356 e. The quantitative estimate of drug-likeness (QED) is 0.861. The molecule has 0 aliphatic carbocycles. The molecule has 0 saturated carbocycles. The summed E-state index contributed by atoms with van der Waals surface area (Å²) >= 11 is 0. The highest BCUT2D eigenvalue weighted by Gasteiger charge is 2.17. The SMILES string of the molecule is CC(C)(C)CCNC(=O)c1cn2c(n1)NCCC2. The third kappa shape index (κ3) is 3.24. The van der Waals surface area contributed by atoms with Gasteiger partial charge >= 0.3 is 0 Å². The predicted octanol–water partition coefficient (Wildman–Crippen LogP) is 1.86. The van der Waals surface area contributed by atoms with Crippen LogP contribution in [-0.4, -0.2) is 28.5 Å². The second-order valence-corrected chi connectivity index (χ2v) is 5.99. The van der Waals surface area contributed by atoms with E-state index >= 15 is 0 Å². The van der Waals surface area contributed by atoms with E-state index in [4.69, 9.17) is 0 Å². The molecule has 1 amide bonds. The summed E-state index contributed by atoms with van der Waals surface area (Å²) < 4.78 is 2.00. The number of amides is 1. The van der Waals surface area contributed by atoms with Crippen LogP contribution in [0.1, 0.15) is 44.1 Å². The van der Waals surface area contributed by atoms with Gasteiger partial charge in [0.25, 0.3) is 5.91 Å². The number of hydrogen-bond donors (Lipinski definition) is 2. The van der Waals surface area contributed by atoms with Crippen LogP contribution < -0.4 is 10.6 Å². The molecule has 5 heteroatoms. The minimum atomic E-state index is -0.0806. The molecule has 2 rings (SSSR count). The Kier molecular flexibility index (Phi) is 3.59. The number of hydrogen-bond acceptors (Lipinski definition) is 3. The lowest BCUT2D eigenvalue weighted by molar-refractivity contribution is 0.0945. The van der Waals surface area contributed by atoms with Crippen molar-refractivity contribution in [2.24, 2.45) is 5.41 Å². The van der Waals surface area contributed by atoms with Gasteiger partial charge in [0.05, 0.1) is 0 Å². The monoisotopic (exact) mass is 250 g/mol. The molecule has 2 heterocycles. The summed E-state index contributed by atoms with van der Waals surface area (Å²) in [7, 11) is 0. The van der Waals surface area contributed by atoms with E-state index in [1.807, 2.05) is 10.8 Å². The summed E-state index contributed by atoms with van der Waals surface area (Å²) in [5, 5.41) is 6.11. The molecule has 0 fully saturated rings. The highest BCUT2D eigenvalue weighted by Crippen LogP contribution is 2.17. The fourth-order valence-electron chi connectivity index (χ4n) is 1.93. The normalized spacial score (nSPS) is 14.8. The number of imidazole rings is 1. The van der Waals surface area contributed by atoms with Gasteiger partial charge in [0.1, 0.15) is 5.69 Å². The molecular weight excluding hydrogens is 228 g/mol. The maximum absolute atomic E-state index is 11.9. The number of rotatable bonds is 3. The Bertz CT molecular complexity index is 407. The van der Waals surface area contributed by atoms with Gasteiger partial charge in [-0.3, -0.25) is 4.79 Å². The fourth-order valence-corrected chi connectivity index (χ4v) is 1.93. The Hall–Kier alpha value is -1.52. The lowest BCUT2D eigenvalue weighted by Crippen LogP contribution is -2.27. The zero-order chi connectivity index (χ0) is 13.2. The van der Waals surface area contributed by atoms with Gasteiger partial charge < -0.3 is 15.2 Å². The topological polar surface area (TPSA) is 59.0 Å². The van der Waals surface area contributed by atoms with E-state index in [0.29, 0.717) is 12.2 Å². The molecule has 0 atom stereocenters. The summed E-state index contributed by atoms with van der Waals surface area (Å²) in [6.07, 6.45) is 3.87. The molecule has 1 aliphatic rings. The van der Waals surface area contributed by atoms with Crippen LogP contribution in [0.15, 0.2) is 6.20 Å². The van der Waals surface area contributed by atoms with Crippen LogP contribution in [0, 0.1) is 5.41 Å². The zero-order valence-corrected chi connectivity index (χ0v) is 11.4. The fraction of sp³-hybridized carbons (Fsp3) is 0.692. The Balaban J connectivity index is 1.91. The first-order valence-corrected chi connectivity index (χ1v) is 6.55. The van der Waals surface area contributed by atoms with Gasteiger partial charge in [-0.25, -0.2) is 4.98 Å². The van der Waals surface area contributed by atoms with Gasteiger partial charge in [-0.05, 0) is 18.3 Å². The van der Waals surface area contributed by atoms with Gasteiger partial charge in [-0.15, -0.1) is 0 Å². The number of carbonyl (C=O) groups excluding carboxylic acids is 1. The zero-order valence-electron chi connectivity index (χ0n) is 11.4. The lowest BCUT2D eigenvalue weighted by Gasteiger charge is -2.17. The minimum absolute atomic E-state index is 0.0806. The van der Waals surface area contributed by atoms with E-state index in [2.05, 4.69) is 36.4 Å². The average molecular weight is 250 g/mol. The number of aryl methyl sites for hydroxylation is 1.